The van der Waals surface area contributed by atoms with Gasteiger partial charge >= 0.3 is 0 Å². The van der Waals surface area contributed by atoms with Crippen LogP contribution in [0.2, 0.25) is 5.02 Å². The van der Waals surface area contributed by atoms with Crippen LogP contribution in [-0.4, -0.2) is 59.5 Å². The monoisotopic (exact) mass is 468 g/mol. The third-order valence-electron chi connectivity index (χ3n) is 6.11. The molecule has 2 amide bonds. The minimum absolute atomic E-state index is 0.179. The van der Waals surface area contributed by atoms with Crippen molar-refractivity contribution in [1.82, 2.24) is 14.9 Å². The summed E-state index contributed by atoms with van der Waals surface area (Å²) in [6.07, 6.45) is 6.26. The van der Waals surface area contributed by atoms with Crippen LogP contribution in [0.1, 0.15) is 31.2 Å². The molecule has 9 nitrogen and oxygen atoms in total. The zero-order valence-corrected chi connectivity index (χ0v) is 18.9. The standard InChI is InChI=1S/C23H25ClN6O3/c24-17-12-15-5-6-18(17)33-11-3-1-2-4-19(31)29-7-9-30(10-8-29)22-20-16(13-25-15)23(32)28-21(20)26-14-27-22/h5-6,12-14,25H,1-4,7-11H2,(H,26,27,28,32)/b16-13-. The van der Waals surface area contributed by atoms with Gasteiger partial charge in [0, 0.05) is 44.5 Å². The summed E-state index contributed by atoms with van der Waals surface area (Å²) < 4.78 is 5.80. The number of carbonyl (C=O) groups is 2. The topological polar surface area (TPSA) is 99.7 Å². The lowest BCUT2D eigenvalue weighted by atomic mass is 10.1. The van der Waals surface area contributed by atoms with Gasteiger partial charge in [0.15, 0.2) is 0 Å². The van der Waals surface area contributed by atoms with Crippen molar-refractivity contribution in [3.8, 4) is 5.75 Å². The molecule has 0 saturated carbocycles. The van der Waals surface area contributed by atoms with Gasteiger partial charge in [0.05, 0.1) is 22.8 Å². The molecule has 4 bridgehead atoms. The molecule has 0 unspecified atom stereocenters. The number of hydrogen-bond donors (Lipinski definition) is 2. The highest BCUT2D eigenvalue weighted by Gasteiger charge is 2.32. The van der Waals surface area contributed by atoms with Crippen molar-refractivity contribution in [2.45, 2.75) is 25.7 Å². The van der Waals surface area contributed by atoms with Crippen molar-refractivity contribution in [3.63, 3.8) is 0 Å². The number of hydrogen-bond acceptors (Lipinski definition) is 7. The maximum absolute atomic E-state index is 12.7. The Morgan fingerprint density at radius 3 is 2.64 bits per heavy atom. The van der Waals surface area contributed by atoms with Crippen LogP contribution in [0.15, 0.2) is 30.7 Å². The zero-order valence-electron chi connectivity index (χ0n) is 18.1. The number of ether oxygens (including phenoxy) is 1. The Morgan fingerprint density at radius 2 is 1.82 bits per heavy atom. The van der Waals surface area contributed by atoms with E-state index < -0.39 is 0 Å². The highest BCUT2D eigenvalue weighted by molar-refractivity contribution is 6.33. The number of amides is 2. The van der Waals surface area contributed by atoms with E-state index in [2.05, 4.69) is 25.5 Å². The van der Waals surface area contributed by atoms with E-state index in [1.54, 1.807) is 18.3 Å². The van der Waals surface area contributed by atoms with Gasteiger partial charge in [-0.1, -0.05) is 11.6 Å². The molecule has 6 aliphatic rings. The third-order valence-corrected chi connectivity index (χ3v) is 6.41. The Balaban J connectivity index is 1.48. The quantitative estimate of drug-likeness (QED) is 0.612. The number of aromatic nitrogens is 2. The van der Waals surface area contributed by atoms with E-state index in [4.69, 9.17) is 16.3 Å². The van der Waals surface area contributed by atoms with Gasteiger partial charge in [-0.25, -0.2) is 9.97 Å². The van der Waals surface area contributed by atoms with Gasteiger partial charge in [-0.2, -0.15) is 0 Å². The van der Waals surface area contributed by atoms with Crippen LogP contribution < -0.4 is 20.3 Å². The fourth-order valence-electron chi connectivity index (χ4n) is 4.31. The van der Waals surface area contributed by atoms with Crippen molar-refractivity contribution >= 4 is 46.3 Å². The van der Waals surface area contributed by atoms with Crippen LogP contribution in [0.4, 0.5) is 17.3 Å². The molecular weight excluding hydrogens is 444 g/mol. The zero-order chi connectivity index (χ0) is 22.8. The molecule has 33 heavy (non-hydrogen) atoms. The molecule has 1 aromatic carbocycles. The van der Waals surface area contributed by atoms with Gasteiger partial charge in [0.1, 0.15) is 23.7 Å². The van der Waals surface area contributed by atoms with Crippen molar-refractivity contribution in [2.75, 3.05) is 48.3 Å². The van der Waals surface area contributed by atoms with Crippen LogP contribution in [0.25, 0.3) is 5.57 Å². The Bertz CT molecular complexity index is 1110. The molecule has 1 fully saturated rings. The Morgan fingerprint density at radius 1 is 1.00 bits per heavy atom. The second kappa shape index (κ2) is 9.27. The number of halogens is 1. The van der Waals surface area contributed by atoms with Crippen LogP contribution >= 0.6 is 11.6 Å². The first-order valence-electron chi connectivity index (χ1n) is 11.2. The predicted octanol–water partition coefficient (Wildman–Crippen LogP) is 3.14. The van der Waals surface area contributed by atoms with Crippen LogP contribution in [0, 0.1) is 0 Å². The van der Waals surface area contributed by atoms with Crippen molar-refractivity contribution in [3.05, 3.63) is 41.3 Å². The van der Waals surface area contributed by atoms with E-state index in [0.717, 1.165) is 24.9 Å². The van der Waals surface area contributed by atoms with Gasteiger partial charge < -0.3 is 25.2 Å². The second-order valence-corrected chi connectivity index (χ2v) is 8.66. The van der Waals surface area contributed by atoms with Gasteiger partial charge in [-0.3, -0.25) is 9.59 Å². The molecule has 1 aromatic heterocycles. The molecule has 2 aromatic rings. The van der Waals surface area contributed by atoms with E-state index in [-0.39, 0.29) is 11.8 Å². The average molecular weight is 469 g/mol. The number of carbonyl (C=O) groups excluding carboxylic acids is 2. The summed E-state index contributed by atoms with van der Waals surface area (Å²) in [6, 6.07) is 5.42. The predicted molar refractivity (Wildman–Crippen MR) is 126 cm³/mol. The first-order valence-corrected chi connectivity index (χ1v) is 11.6. The minimum atomic E-state index is -0.249. The van der Waals surface area contributed by atoms with Gasteiger partial charge in [0.25, 0.3) is 5.91 Å². The van der Waals surface area contributed by atoms with Crippen molar-refractivity contribution < 1.29 is 14.3 Å². The first kappa shape index (κ1) is 21.5. The average Bonchev–Trinajstić information content (AvgIpc) is 3.15. The largest absolute Gasteiger partial charge is 0.492 e. The molecule has 1 saturated heterocycles. The normalized spacial score (nSPS) is 20.5. The Labute approximate surface area is 196 Å². The summed E-state index contributed by atoms with van der Waals surface area (Å²) in [4.78, 5) is 38.1. The molecule has 0 atom stereocenters. The van der Waals surface area contributed by atoms with E-state index in [9.17, 15) is 9.59 Å². The summed E-state index contributed by atoms with van der Waals surface area (Å²) in [5.74, 6) is 1.71. The molecule has 0 spiro atoms. The maximum Gasteiger partial charge on any atom is 0.259 e. The first-order chi connectivity index (χ1) is 16.1. The highest BCUT2D eigenvalue weighted by Crippen LogP contribution is 2.37. The number of benzene rings is 1. The molecule has 2 N–H and O–H groups in total. The Kier molecular flexibility index (Phi) is 6.04. The molecule has 0 radical (unpaired) electrons. The van der Waals surface area contributed by atoms with E-state index >= 15 is 0 Å². The van der Waals surface area contributed by atoms with Crippen LogP contribution in [0.3, 0.4) is 0 Å². The SMILES string of the molecule is O=C1Nc2ncnc3c2/C1=C/Nc1ccc(c(Cl)c1)OCCCCCC(=O)N1CCN3CC1. The van der Waals surface area contributed by atoms with Crippen LogP contribution in [0.5, 0.6) is 5.75 Å². The molecule has 7 heterocycles. The summed E-state index contributed by atoms with van der Waals surface area (Å²) in [7, 11) is 0. The molecule has 172 valence electrons. The summed E-state index contributed by atoms with van der Waals surface area (Å²) >= 11 is 6.39. The lowest BCUT2D eigenvalue weighted by molar-refractivity contribution is -0.131. The number of nitrogens with zero attached hydrogens (tertiary/aromatic N) is 4. The van der Waals surface area contributed by atoms with E-state index in [1.807, 2.05) is 11.0 Å². The van der Waals surface area contributed by atoms with E-state index in [0.29, 0.717) is 72.8 Å². The molecular formula is C23H25ClN6O3. The second-order valence-electron chi connectivity index (χ2n) is 8.25. The number of rotatable bonds is 0. The lowest BCUT2D eigenvalue weighted by Gasteiger charge is -2.36. The maximum atomic E-state index is 12.7. The molecule has 6 aliphatic heterocycles. The number of piperazine rings is 1. The van der Waals surface area contributed by atoms with Gasteiger partial charge in [-0.05, 0) is 37.5 Å². The molecule has 8 rings (SSSR count). The number of anilines is 3. The summed E-state index contributed by atoms with van der Waals surface area (Å²) in [5.41, 5.74) is 1.85. The number of nitrogens with one attached hydrogen (secondary N) is 2. The molecule has 0 aliphatic carbocycles. The lowest BCUT2D eigenvalue weighted by Crippen LogP contribution is -2.49. The molecule has 10 heteroatoms. The Hall–Kier alpha value is -3.33. The van der Waals surface area contributed by atoms with E-state index in [1.165, 1.54) is 6.33 Å². The fraction of sp³-hybridized carbons (Fsp3) is 0.391. The smallest absolute Gasteiger partial charge is 0.259 e. The highest BCUT2D eigenvalue weighted by atomic mass is 35.5. The summed E-state index contributed by atoms with van der Waals surface area (Å²) in [6.45, 7) is 3.10. The minimum Gasteiger partial charge on any atom is -0.492 e. The van der Waals surface area contributed by atoms with Crippen LogP contribution in [-0.2, 0) is 9.59 Å². The van der Waals surface area contributed by atoms with Gasteiger partial charge in [-0.15, -0.1) is 0 Å². The van der Waals surface area contributed by atoms with Gasteiger partial charge in [0.2, 0.25) is 5.91 Å². The van der Waals surface area contributed by atoms with Crippen molar-refractivity contribution in [2.24, 2.45) is 0 Å². The summed E-state index contributed by atoms with van der Waals surface area (Å²) in [5, 5.41) is 6.47. The fourth-order valence-corrected chi connectivity index (χ4v) is 4.55. The third kappa shape index (κ3) is 4.45. The van der Waals surface area contributed by atoms with Crippen molar-refractivity contribution in [1.29, 1.82) is 0 Å².